The molecule has 0 rings (SSSR count). The Bertz CT molecular complexity index is 851. The molecule has 0 amide bonds. The van der Waals surface area contributed by atoms with E-state index in [4.69, 9.17) is 4.55 Å². The van der Waals surface area contributed by atoms with E-state index in [0.29, 0.717) is 0 Å². The van der Waals surface area contributed by atoms with E-state index in [0.717, 1.165) is 0 Å². The van der Waals surface area contributed by atoms with Gasteiger partial charge in [-0.15, -0.1) is 0 Å². The van der Waals surface area contributed by atoms with E-state index in [1.165, 1.54) is 0 Å². The third kappa shape index (κ3) is 6.20. The third-order valence-corrected chi connectivity index (χ3v) is 6.16. The Hall–Kier alpha value is -0.930. The van der Waals surface area contributed by atoms with Crippen LogP contribution >= 0.6 is 11.8 Å². The number of alkyl halides is 17. The van der Waals surface area contributed by atoms with Gasteiger partial charge in [-0.3, -0.25) is 4.55 Å². The Morgan fingerprint density at radius 1 is 0.528 bits per heavy atom. The second-order valence-corrected chi connectivity index (χ2v) is 9.80. The van der Waals surface area contributed by atoms with Gasteiger partial charge in [0, 0.05) is 6.42 Å². The SMILES string of the molecule is O=S(=O)(O)CCCCSCCC(F)(F)C(F)(F)C(F)(F)C(F)(F)C(F)(F)C(F)(F)C(F)(F)C(F)(F)F. The Morgan fingerprint density at radius 3 is 1.25 bits per heavy atom. The van der Waals surface area contributed by atoms with Gasteiger partial charge in [-0.2, -0.15) is 94.8 Å². The van der Waals surface area contributed by atoms with Crippen LogP contribution in [0.2, 0.25) is 0 Å². The van der Waals surface area contributed by atoms with E-state index in [1.807, 2.05) is 0 Å². The second kappa shape index (κ2) is 10.3. The van der Waals surface area contributed by atoms with E-state index >= 15 is 0 Å². The number of unbranched alkanes of at least 4 members (excludes halogenated alkanes) is 1. The molecule has 0 aliphatic carbocycles. The molecule has 0 aliphatic heterocycles. The first kappa shape index (κ1) is 35.1. The normalized spacial score (nSPS) is 15.9. The molecular weight excluding hydrogens is 603 g/mol. The molecule has 0 atom stereocenters. The van der Waals surface area contributed by atoms with E-state index in [-0.39, 0.29) is 30.4 Å². The third-order valence-electron chi connectivity index (χ3n) is 4.29. The first-order valence-corrected chi connectivity index (χ1v) is 11.5. The first-order chi connectivity index (χ1) is 15.5. The highest BCUT2D eigenvalue weighted by atomic mass is 32.2. The summed E-state index contributed by atoms with van der Waals surface area (Å²) in [4.78, 5) is 0. The molecular formula is C14H13F17O3S2. The fourth-order valence-corrected chi connectivity index (χ4v) is 3.73. The van der Waals surface area contributed by atoms with E-state index in [9.17, 15) is 83.1 Å². The Kier molecular flexibility index (Phi) is 10.1. The van der Waals surface area contributed by atoms with Crippen molar-refractivity contribution in [1.82, 2.24) is 0 Å². The van der Waals surface area contributed by atoms with Crippen LogP contribution in [0.15, 0.2) is 0 Å². The molecule has 0 aliphatic rings. The Balaban J connectivity index is 5.85. The van der Waals surface area contributed by atoms with Crippen molar-refractivity contribution in [1.29, 1.82) is 0 Å². The van der Waals surface area contributed by atoms with Crippen molar-refractivity contribution >= 4 is 21.9 Å². The van der Waals surface area contributed by atoms with Gasteiger partial charge < -0.3 is 0 Å². The maximum atomic E-state index is 13.6. The van der Waals surface area contributed by atoms with Crippen molar-refractivity contribution in [2.75, 3.05) is 17.3 Å². The van der Waals surface area contributed by atoms with Crippen molar-refractivity contribution in [3.63, 3.8) is 0 Å². The summed E-state index contributed by atoms with van der Waals surface area (Å²) >= 11 is 0.166. The molecule has 36 heavy (non-hydrogen) atoms. The van der Waals surface area contributed by atoms with Crippen LogP contribution < -0.4 is 0 Å². The summed E-state index contributed by atoms with van der Waals surface area (Å²) in [6.45, 7) is 0. The van der Waals surface area contributed by atoms with Crippen LogP contribution in [0.4, 0.5) is 74.6 Å². The quantitative estimate of drug-likeness (QED) is 0.133. The smallest absolute Gasteiger partial charge is 0.286 e. The second-order valence-electron chi connectivity index (χ2n) is 7.00. The molecule has 0 radical (unpaired) electrons. The van der Waals surface area contributed by atoms with Crippen LogP contribution in [0.1, 0.15) is 19.3 Å². The predicted octanol–water partition coefficient (Wildman–Crippen LogP) is 6.79. The van der Waals surface area contributed by atoms with Crippen LogP contribution in [-0.4, -0.2) is 77.9 Å². The van der Waals surface area contributed by atoms with Crippen LogP contribution in [0.3, 0.4) is 0 Å². The fourth-order valence-electron chi connectivity index (χ4n) is 2.14. The highest BCUT2D eigenvalue weighted by Gasteiger charge is 2.95. The molecule has 0 fully saturated rings. The highest BCUT2D eigenvalue weighted by Crippen LogP contribution is 2.64. The van der Waals surface area contributed by atoms with Gasteiger partial charge in [-0.05, 0) is 24.3 Å². The summed E-state index contributed by atoms with van der Waals surface area (Å²) in [7, 11) is -4.44. The zero-order valence-electron chi connectivity index (χ0n) is 16.7. The summed E-state index contributed by atoms with van der Waals surface area (Å²) < 4.78 is 252. The minimum absolute atomic E-state index is 0.166. The van der Waals surface area contributed by atoms with Gasteiger partial charge in [0.15, 0.2) is 0 Å². The lowest BCUT2D eigenvalue weighted by atomic mass is 9.88. The van der Waals surface area contributed by atoms with Gasteiger partial charge in [0.25, 0.3) is 10.1 Å². The molecule has 0 unspecified atom stereocenters. The molecule has 0 spiro atoms. The van der Waals surface area contributed by atoms with Crippen LogP contribution in [0, 0.1) is 0 Å². The molecule has 218 valence electrons. The van der Waals surface area contributed by atoms with Gasteiger partial charge in [0.2, 0.25) is 0 Å². The van der Waals surface area contributed by atoms with E-state index in [2.05, 4.69) is 0 Å². The average molecular weight is 616 g/mol. The number of hydrogen-bond donors (Lipinski definition) is 1. The maximum Gasteiger partial charge on any atom is 0.460 e. The first-order valence-electron chi connectivity index (χ1n) is 8.70. The van der Waals surface area contributed by atoms with Crippen LogP contribution in [0.25, 0.3) is 0 Å². The summed E-state index contributed by atoms with van der Waals surface area (Å²) in [5, 5.41) is 0. The van der Waals surface area contributed by atoms with Crippen molar-refractivity contribution < 1.29 is 87.6 Å². The summed E-state index contributed by atoms with van der Waals surface area (Å²) in [6, 6.07) is 0. The van der Waals surface area contributed by atoms with Gasteiger partial charge in [0.1, 0.15) is 0 Å². The van der Waals surface area contributed by atoms with Crippen molar-refractivity contribution in [2.24, 2.45) is 0 Å². The lowest BCUT2D eigenvalue weighted by Gasteiger charge is -2.42. The molecule has 0 saturated carbocycles. The molecule has 0 aromatic heterocycles. The minimum Gasteiger partial charge on any atom is -0.286 e. The van der Waals surface area contributed by atoms with Gasteiger partial charge in [-0.1, -0.05) is 0 Å². The summed E-state index contributed by atoms with van der Waals surface area (Å²) in [6.07, 6.45) is -10.9. The summed E-state index contributed by atoms with van der Waals surface area (Å²) in [5.41, 5.74) is 0. The van der Waals surface area contributed by atoms with E-state index < -0.39 is 75.7 Å². The maximum absolute atomic E-state index is 13.6. The molecule has 1 N–H and O–H groups in total. The van der Waals surface area contributed by atoms with Crippen molar-refractivity contribution in [2.45, 2.75) is 66.9 Å². The predicted molar refractivity (Wildman–Crippen MR) is 88.3 cm³/mol. The molecule has 0 bridgehead atoms. The van der Waals surface area contributed by atoms with Crippen LogP contribution in [-0.2, 0) is 10.1 Å². The largest absolute Gasteiger partial charge is 0.460 e. The lowest BCUT2D eigenvalue weighted by molar-refractivity contribution is -0.461. The number of rotatable bonds is 14. The number of thioether (sulfide) groups is 1. The van der Waals surface area contributed by atoms with Gasteiger partial charge in [-0.25, -0.2) is 0 Å². The minimum atomic E-state index is -8.65. The number of halogens is 17. The van der Waals surface area contributed by atoms with Crippen LogP contribution in [0.5, 0.6) is 0 Å². The molecule has 0 aromatic carbocycles. The average Bonchev–Trinajstić information content (AvgIpc) is 2.64. The summed E-state index contributed by atoms with van der Waals surface area (Å²) in [5.74, 6) is -59.0. The topological polar surface area (TPSA) is 54.4 Å². The monoisotopic (exact) mass is 616 g/mol. The lowest BCUT2D eigenvalue weighted by Crippen LogP contribution is -2.74. The highest BCUT2D eigenvalue weighted by molar-refractivity contribution is 7.99. The molecule has 0 aromatic rings. The Labute approximate surface area is 194 Å². The zero-order valence-corrected chi connectivity index (χ0v) is 18.4. The Morgan fingerprint density at radius 2 is 0.889 bits per heavy atom. The molecule has 22 heteroatoms. The van der Waals surface area contributed by atoms with Crippen molar-refractivity contribution in [3.05, 3.63) is 0 Å². The zero-order chi connectivity index (χ0) is 29.4. The molecule has 3 nitrogen and oxygen atoms in total. The van der Waals surface area contributed by atoms with Crippen molar-refractivity contribution in [3.8, 4) is 0 Å². The van der Waals surface area contributed by atoms with Gasteiger partial charge >= 0.3 is 47.6 Å². The van der Waals surface area contributed by atoms with Gasteiger partial charge in [0.05, 0.1) is 5.75 Å². The fraction of sp³-hybridized carbons (Fsp3) is 1.00. The standard InChI is InChI=1S/C14H13F17O3S2/c15-7(16,3-5-35-4-1-2-6-36(32,33)34)8(17,18)9(19,20)10(21,22)11(23,24)12(25,26)13(27,28)14(29,30)31/h1-6H2,(H,32,33,34). The van der Waals surface area contributed by atoms with E-state index in [1.54, 1.807) is 0 Å². The number of hydrogen-bond acceptors (Lipinski definition) is 3. The molecule has 0 heterocycles. The molecule has 0 saturated heterocycles.